The van der Waals surface area contributed by atoms with E-state index in [2.05, 4.69) is 40.0 Å². The number of hydrogen-bond donors (Lipinski definition) is 1. The van der Waals surface area contributed by atoms with Gasteiger partial charge in [0.25, 0.3) is 0 Å². The zero-order chi connectivity index (χ0) is 21.7. The topological polar surface area (TPSA) is 80.4 Å². The first-order valence-electron chi connectivity index (χ1n) is 10.3. The number of aromatic nitrogens is 4. The maximum absolute atomic E-state index is 12.9. The number of fused-ring (bicyclic) bond motifs is 3. The number of benzene rings is 2. The van der Waals surface area contributed by atoms with Gasteiger partial charge in [0.15, 0.2) is 17.1 Å². The summed E-state index contributed by atoms with van der Waals surface area (Å²) < 4.78 is 2.79. The van der Waals surface area contributed by atoms with E-state index in [0.29, 0.717) is 24.2 Å². The summed E-state index contributed by atoms with van der Waals surface area (Å²) in [5.74, 6) is 0.178. The van der Waals surface area contributed by atoms with E-state index in [-0.39, 0.29) is 23.4 Å². The third kappa shape index (κ3) is 3.33. The Balaban J connectivity index is 1.71. The summed E-state index contributed by atoms with van der Waals surface area (Å²) in [7, 11) is 0. The van der Waals surface area contributed by atoms with Crippen LogP contribution in [-0.4, -0.2) is 30.7 Å². The number of para-hydroxylation sites is 1. The van der Waals surface area contributed by atoms with Gasteiger partial charge >= 0.3 is 0 Å². The van der Waals surface area contributed by atoms with Crippen molar-refractivity contribution in [2.75, 3.05) is 0 Å². The van der Waals surface area contributed by atoms with Crippen molar-refractivity contribution in [3.63, 3.8) is 0 Å². The average molecular weight is 477 g/mol. The second-order valence-corrected chi connectivity index (χ2v) is 9.16. The van der Waals surface area contributed by atoms with E-state index < -0.39 is 0 Å². The fourth-order valence-electron chi connectivity index (χ4n) is 4.34. The van der Waals surface area contributed by atoms with Crippen molar-refractivity contribution in [3.05, 3.63) is 75.6 Å². The molecule has 0 unspecified atom stereocenters. The molecule has 0 saturated carbocycles. The molecule has 0 fully saturated rings. The van der Waals surface area contributed by atoms with Crippen LogP contribution in [0.15, 0.2) is 53.0 Å². The van der Waals surface area contributed by atoms with Gasteiger partial charge in [0.2, 0.25) is 0 Å². The number of Topliss-reactive ketones (excluding diaryl/α,β-unsaturated/α-hetero) is 1. The highest BCUT2D eigenvalue weighted by Crippen LogP contribution is 2.38. The van der Waals surface area contributed by atoms with Gasteiger partial charge < -0.3 is 5.11 Å². The van der Waals surface area contributed by atoms with Crippen LogP contribution in [0.1, 0.15) is 59.5 Å². The molecule has 0 aliphatic heterocycles. The number of aromatic hydroxyl groups is 1. The normalized spacial score (nSPS) is 16.1. The van der Waals surface area contributed by atoms with Crippen LogP contribution in [0, 0.1) is 0 Å². The van der Waals surface area contributed by atoms with Gasteiger partial charge in [-0.3, -0.25) is 4.79 Å². The Morgan fingerprint density at radius 3 is 2.52 bits per heavy atom. The lowest BCUT2D eigenvalue weighted by atomic mass is 9.83. The lowest BCUT2D eigenvalue weighted by Crippen LogP contribution is -2.24. The summed E-state index contributed by atoms with van der Waals surface area (Å²) >= 11 is 3.49. The van der Waals surface area contributed by atoms with Crippen molar-refractivity contribution in [2.24, 2.45) is 0 Å². The minimum absolute atomic E-state index is 0.0734. The van der Waals surface area contributed by atoms with Crippen LogP contribution in [0.4, 0.5) is 0 Å². The molecule has 0 radical (unpaired) electrons. The fourth-order valence-corrected chi connectivity index (χ4v) is 4.60. The van der Waals surface area contributed by atoms with Gasteiger partial charge in [-0.2, -0.15) is 5.10 Å². The summed E-state index contributed by atoms with van der Waals surface area (Å²) in [6.45, 7) is 4.19. The first-order valence-corrected chi connectivity index (χ1v) is 11.1. The molecule has 2 aromatic carbocycles. The Kier molecular flexibility index (Phi) is 4.85. The molecule has 31 heavy (non-hydrogen) atoms. The van der Waals surface area contributed by atoms with Crippen LogP contribution in [0.25, 0.3) is 16.8 Å². The van der Waals surface area contributed by atoms with Crippen molar-refractivity contribution in [2.45, 2.75) is 38.5 Å². The molecule has 1 atom stereocenters. The van der Waals surface area contributed by atoms with E-state index in [1.807, 2.05) is 36.4 Å². The average Bonchev–Trinajstić information content (AvgIpc) is 3.15. The number of phenolic OH excluding ortho intramolecular Hbond substituents is 1. The highest BCUT2D eigenvalue weighted by Gasteiger charge is 2.33. The largest absolute Gasteiger partial charge is 0.508 e. The molecule has 1 aliphatic rings. The monoisotopic (exact) mass is 476 g/mol. The molecule has 5 rings (SSSR count). The molecule has 156 valence electrons. The molecule has 0 saturated heterocycles. The Hall–Kier alpha value is -3.06. The van der Waals surface area contributed by atoms with E-state index in [1.54, 1.807) is 16.6 Å². The van der Waals surface area contributed by atoms with Crippen LogP contribution in [-0.2, 0) is 6.42 Å². The van der Waals surface area contributed by atoms with Crippen molar-refractivity contribution in [3.8, 4) is 16.9 Å². The van der Waals surface area contributed by atoms with Crippen molar-refractivity contribution in [1.82, 2.24) is 19.8 Å². The molecule has 0 bridgehead atoms. The number of ketones is 1. The predicted octanol–water partition coefficient (Wildman–Crippen LogP) is 5.30. The molecule has 7 heteroatoms. The second-order valence-electron chi connectivity index (χ2n) is 8.24. The molecular formula is C24H21BrN4O2. The number of carbonyl (C=O) groups excluding carboxylic acids is 1. The maximum atomic E-state index is 12.9. The summed E-state index contributed by atoms with van der Waals surface area (Å²) in [6.07, 6.45) is 0.853. The van der Waals surface area contributed by atoms with Gasteiger partial charge in [-0.25, -0.2) is 4.52 Å². The zero-order valence-corrected chi connectivity index (χ0v) is 18.8. The first-order chi connectivity index (χ1) is 14.9. The second kappa shape index (κ2) is 7.57. The van der Waals surface area contributed by atoms with Crippen LogP contribution in [0.5, 0.6) is 5.75 Å². The van der Waals surface area contributed by atoms with Crippen LogP contribution >= 0.6 is 15.9 Å². The number of phenols is 1. The first kappa shape index (κ1) is 19.9. The van der Waals surface area contributed by atoms with Gasteiger partial charge in [0.1, 0.15) is 5.75 Å². The molecule has 0 spiro atoms. The Morgan fingerprint density at radius 1 is 1.06 bits per heavy atom. The fraction of sp³-hybridized carbons (Fsp3) is 0.250. The maximum Gasteiger partial charge on any atom is 0.185 e. The SMILES string of the molecule is CC(C)c1nn2c3c(nnc2c1-c1ccc(Br)cc1)C(=O)C[C@H](c1ccccc1O)C3. The van der Waals surface area contributed by atoms with Gasteiger partial charge in [-0.05, 0) is 41.7 Å². The quantitative estimate of drug-likeness (QED) is 0.434. The Morgan fingerprint density at radius 2 is 1.81 bits per heavy atom. The van der Waals surface area contributed by atoms with Gasteiger partial charge in [-0.15, -0.1) is 10.2 Å². The summed E-state index contributed by atoms with van der Waals surface area (Å²) in [5, 5.41) is 24.0. The zero-order valence-electron chi connectivity index (χ0n) is 17.2. The number of nitrogens with zero attached hydrogens (tertiary/aromatic N) is 4. The molecule has 2 heterocycles. The molecular weight excluding hydrogens is 456 g/mol. The predicted molar refractivity (Wildman–Crippen MR) is 122 cm³/mol. The van der Waals surface area contributed by atoms with Crippen molar-refractivity contribution < 1.29 is 9.90 Å². The standard InChI is InChI=1S/C24H21BrN4O2/c1-13(2)22-21(14-7-9-16(25)10-8-14)24-27-26-23-18(29(24)28-22)11-15(12-20(23)31)17-5-3-4-6-19(17)30/h3-10,13,15,30H,11-12H2,1-2H3/t15-/m1/s1. The Bertz CT molecular complexity index is 1310. The molecule has 6 nitrogen and oxygen atoms in total. The van der Waals surface area contributed by atoms with Crippen molar-refractivity contribution in [1.29, 1.82) is 0 Å². The van der Waals surface area contributed by atoms with Crippen LogP contribution in [0.3, 0.4) is 0 Å². The molecule has 1 aliphatic carbocycles. The smallest absolute Gasteiger partial charge is 0.185 e. The van der Waals surface area contributed by atoms with Crippen LogP contribution < -0.4 is 0 Å². The minimum atomic E-state index is -0.128. The highest BCUT2D eigenvalue weighted by atomic mass is 79.9. The number of halogens is 1. The molecule has 1 N–H and O–H groups in total. The number of carbonyl (C=O) groups is 1. The molecule has 2 aromatic heterocycles. The summed E-state index contributed by atoms with van der Waals surface area (Å²) in [6, 6.07) is 15.2. The van der Waals surface area contributed by atoms with Gasteiger partial charge in [0, 0.05) is 16.8 Å². The van der Waals surface area contributed by atoms with E-state index in [4.69, 9.17) is 5.10 Å². The van der Waals surface area contributed by atoms with Gasteiger partial charge in [0.05, 0.1) is 17.0 Å². The highest BCUT2D eigenvalue weighted by molar-refractivity contribution is 9.10. The summed E-state index contributed by atoms with van der Waals surface area (Å²) in [5.41, 5.74) is 5.41. The molecule has 0 amide bonds. The minimum Gasteiger partial charge on any atom is -0.508 e. The van der Waals surface area contributed by atoms with E-state index in [1.165, 1.54) is 0 Å². The Labute approximate surface area is 188 Å². The number of hydrogen-bond acceptors (Lipinski definition) is 5. The lowest BCUT2D eigenvalue weighted by Gasteiger charge is -2.23. The van der Waals surface area contributed by atoms with Gasteiger partial charge in [-0.1, -0.05) is 60.1 Å². The molecule has 4 aromatic rings. The van der Waals surface area contributed by atoms with E-state index in [9.17, 15) is 9.90 Å². The van der Waals surface area contributed by atoms with Crippen molar-refractivity contribution >= 4 is 27.4 Å². The van der Waals surface area contributed by atoms with Crippen LogP contribution in [0.2, 0.25) is 0 Å². The number of rotatable bonds is 3. The third-order valence-electron chi connectivity index (χ3n) is 5.85. The van der Waals surface area contributed by atoms with E-state index >= 15 is 0 Å². The summed E-state index contributed by atoms with van der Waals surface area (Å²) in [4.78, 5) is 12.9. The lowest BCUT2D eigenvalue weighted by molar-refractivity contribution is 0.0955. The van der Waals surface area contributed by atoms with E-state index in [0.717, 1.165) is 32.6 Å². The third-order valence-corrected chi connectivity index (χ3v) is 6.38.